The molecule has 0 radical (unpaired) electrons. The first-order valence-electron chi connectivity index (χ1n) is 13.4. The van der Waals surface area contributed by atoms with Gasteiger partial charge in [0.25, 0.3) is 5.91 Å². The number of anilines is 2. The Labute approximate surface area is 242 Å². The number of carbonyl (C=O) groups excluding carboxylic acids is 2. The van der Waals surface area contributed by atoms with E-state index in [1.165, 1.54) is 24.3 Å². The van der Waals surface area contributed by atoms with Crippen LogP contribution >= 0.6 is 0 Å². The van der Waals surface area contributed by atoms with Crippen LogP contribution in [0.3, 0.4) is 0 Å². The summed E-state index contributed by atoms with van der Waals surface area (Å²) in [7, 11) is -6.64. The smallest absolute Gasteiger partial charge is 0.258 e. The van der Waals surface area contributed by atoms with Crippen LogP contribution in [0.15, 0.2) is 88.7 Å². The van der Waals surface area contributed by atoms with Gasteiger partial charge in [-0.05, 0) is 92.5 Å². The van der Waals surface area contributed by atoms with Gasteiger partial charge in [0.2, 0.25) is 5.91 Å². The van der Waals surface area contributed by atoms with Crippen LogP contribution in [0.2, 0.25) is 0 Å². The van der Waals surface area contributed by atoms with E-state index in [2.05, 4.69) is 10.2 Å². The van der Waals surface area contributed by atoms with E-state index in [-0.39, 0.29) is 27.5 Å². The van der Waals surface area contributed by atoms with E-state index >= 15 is 0 Å². The minimum absolute atomic E-state index is 0.0988. The number of sulfone groups is 2. The average Bonchev–Trinajstić information content (AvgIpc) is 2.94. The molecule has 3 aromatic rings. The zero-order valence-corrected chi connectivity index (χ0v) is 24.8. The first-order chi connectivity index (χ1) is 19.4. The molecule has 1 heterocycles. The van der Waals surface area contributed by atoms with E-state index in [9.17, 15) is 26.4 Å². The molecule has 1 fully saturated rings. The Morgan fingerprint density at radius 3 is 1.88 bits per heavy atom. The van der Waals surface area contributed by atoms with Gasteiger partial charge in [-0.1, -0.05) is 18.2 Å². The largest absolute Gasteiger partial charge is 0.326 e. The number of hydrogen-bond acceptors (Lipinski definition) is 7. The highest BCUT2D eigenvalue weighted by Gasteiger charge is 2.24. The van der Waals surface area contributed by atoms with Gasteiger partial charge in [-0.2, -0.15) is 0 Å². The van der Waals surface area contributed by atoms with Crippen molar-refractivity contribution in [2.75, 3.05) is 48.9 Å². The van der Waals surface area contributed by atoms with Crippen LogP contribution in [-0.2, 0) is 24.5 Å². The maximum Gasteiger partial charge on any atom is 0.258 e. The molecular formula is C30H35N3O6S2. The third-order valence-electron chi connectivity index (χ3n) is 7.23. The highest BCUT2D eigenvalue weighted by molar-refractivity contribution is 7.91. The van der Waals surface area contributed by atoms with Crippen LogP contribution in [-0.4, -0.2) is 72.2 Å². The van der Waals surface area contributed by atoms with Gasteiger partial charge in [0.15, 0.2) is 19.7 Å². The average molecular weight is 598 g/mol. The molecule has 4 rings (SSSR count). The molecule has 1 N–H and O–H groups in total. The Morgan fingerprint density at radius 1 is 0.805 bits per heavy atom. The van der Waals surface area contributed by atoms with Crippen molar-refractivity contribution in [1.82, 2.24) is 4.90 Å². The molecule has 41 heavy (non-hydrogen) atoms. The molecule has 3 aromatic carbocycles. The van der Waals surface area contributed by atoms with Crippen molar-refractivity contribution in [3.8, 4) is 0 Å². The zero-order valence-electron chi connectivity index (χ0n) is 23.2. The summed E-state index contributed by atoms with van der Waals surface area (Å²) < 4.78 is 46.9. The summed E-state index contributed by atoms with van der Waals surface area (Å²) in [6.45, 7) is 2.74. The fraction of sp³-hybridized carbons (Fsp3) is 0.333. The number of para-hydroxylation sites is 1. The number of hydrogen-bond donors (Lipinski definition) is 1. The van der Waals surface area contributed by atoms with Crippen LogP contribution in [0, 0.1) is 5.92 Å². The lowest BCUT2D eigenvalue weighted by Crippen LogP contribution is -2.42. The highest BCUT2D eigenvalue weighted by atomic mass is 32.2. The van der Waals surface area contributed by atoms with Crippen molar-refractivity contribution in [2.24, 2.45) is 5.92 Å². The van der Waals surface area contributed by atoms with E-state index in [0.29, 0.717) is 30.8 Å². The lowest BCUT2D eigenvalue weighted by atomic mass is 9.93. The number of benzene rings is 3. The number of carbonyl (C=O) groups is 2. The number of amides is 2. The van der Waals surface area contributed by atoms with Crippen molar-refractivity contribution >= 4 is 42.9 Å². The van der Waals surface area contributed by atoms with E-state index < -0.39 is 19.7 Å². The molecule has 218 valence electrons. The van der Waals surface area contributed by atoms with Gasteiger partial charge in [-0.3, -0.25) is 9.59 Å². The first kappa shape index (κ1) is 30.4. The number of likely N-dealkylation sites (tertiary alicyclic amines) is 1. The van der Waals surface area contributed by atoms with Crippen LogP contribution in [0.1, 0.15) is 29.6 Å². The van der Waals surface area contributed by atoms with Gasteiger partial charge < -0.3 is 15.1 Å². The number of nitrogens with one attached hydrogen (secondary N) is 1. The molecule has 0 bridgehead atoms. The second-order valence-corrected chi connectivity index (χ2v) is 14.5. The standard InChI is InChI=1S/C30H35N3O6S2/c1-40(36,37)27-12-8-24(9-13-27)30(35)33(26-6-4-3-5-7-26)21-20-32-18-16-23(17-19-32)22-29(34)31-25-10-14-28(15-11-25)41(2,38)39/h3-15,23H,16-22H2,1-2H3,(H,31,34). The van der Waals surface area contributed by atoms with Gasteiger partial charge >= 0.3 is 0 Å². The Kier molecular flexibility index (Phi) is 9.62. The minimum atomic E-state index is -3.35. The van der Waals surface area contributed by atoms with Crippen molar-refractivity contribution in [2.45, 2.75) is 29.1 Å². The molecule has 0 spiro atoms. The van der Waals surface area contributed by atoms with Crippen molar-refractivity contribution in [3.05, 3.63) is 84.4 Å². The van der Waals surface area contributed by atoms with Gasteiger partial charge in [-0.25, -0.2) is 16.8 Å². The molecule has 0 saturated carbocycles. The Hall–Kier alpha value is -3.54. The third kappa shape index (κ3) is 8.48. The fourth-order valence-corrected chi connectivity index (χ4v) is 6.13. The Bertz CT molecular complexity index is 1570. The van der Waals surface area contributed by atoms with E-state index in [0.717, 1.165) is 44.1 Å². The SMILES string of the molecule is CS(=O)(=O)c1ccc(NC(=O)CC2CCN(CCN(C(=O)c3ccc(S(C)(=O)=O)cc3)c3ccccc3)CC2)cc1. The lowest BCUT2D eigenvalue weighted by molar-refractivity contribution is -0.117. The highest BCUT2D eigenvalue weighted by Crippen LogP contribution is 2.23. The monoisotopic (exact) mass is 597 g/mol. The quantitative estimate of drug-likeness (QED) is 0.377. The molecule has 0 atom stereocenters. The fourth-order valence-electron chi connectivity index (χ4n) is 4.87. The second-order valence-electron chi connectivity index (χ2n) is 10.4. The summed E-state index contributed by atoms with van der Waals surface area (Å²) in [4.78, 5) is 30.4. The first-order valence-corrected chi connectivity index (χ1v) is 17.2. The molecule has 2 amide bonds. The summed E-state index contributed by atoms with van der Waals surface area (Å²) in [5.74, 6) is -0.0626. The van der Waals surface area contributed by atoms with Crippen LogP contribution in [0.4, 0.5) is 11.4 Å². The van der Waals surface area contributed by atoms with Crippen molar-refractivity contribution < 1.29 is 26.4 Å². The summed E-state index contributed by atoms with van der Waals surface area (Å²) in [6, 6.07) is 21.6. The second kappa shape index (κ2) is 13.0. The molecular weight excluding hydrogens is 562 g/mol. The maximum atomic E-state index is 13.5. The molecule has 0 aliphatic carbocycles. The van der Waals surface area contributed by atoms with Gasteiger partial charge in [-0.15, -0.1) is 0 Å². The molecule has 11 heteroatoms. The predicted molar refractivity (Wildman–Crippen MR) is 160 cm³/mol. The maximum absolute atomic E-state index is 13.5. The number of rotatable bonds is 10. The van der Waals surface area contributed by atoms with E-state index in [1.807, 2.05) is 30.3 Å². The summed E-state index contributed by atoms with van der Waals surface area (Å²) in [6.07, 6.45) is 4.38. The van der Waals surface area contributed by atoms with Crippen LogP contribution < -0.4 is 10.2 Å². The van der Waals surface area contributed by atoms with Crippen LogP contribution in [0.25, 0.3) is 0 Å². The summed E-state index contributed by atoms with van der Waals surface area (Å²) >= 11 is 0. The number of piperidine rings is 1. The Balaban J connectivity index is 1.30. The molecule has 0 unspecified atom stereocenters. The summed E-state index contributed by atoms with van der Waals surface area (Å²) in [5, 5.41) is 2.85. The van der Waals surface area contributed by atoms with Crippen molar-refractivity contribution in [1.29, 1.82) is 0 Å². The predicted octanol–water partition coefficient (Wildman–Crippen LogP) is 3.88. The van der Waals surface area contributed by atoms with Gasteiger partial charge in [0, 0.05) is 49.0 Å². The molecule has 9 nitrogen and oxygen atoms in total. The van der Waals surface area contributed by atoms with E-state index in [1.54, 1.807) is 29.2 Å². The third-order valence-corrected chi connectivity index (χ3v) is 9.49. The molecule has 1 saturated heterocycles. The van der Waals surface area contributed by atoms with Crippen molar-refractivity contribution in [3.63, 3.8) is 0 Å². The lowest BCUT2D eigenvalue weighted by Gasteiger charge is -2.33. The molecule has 0 aromatic heterocycles. The Morgan fingerprint density at radius 2 is 1.34 bits per heavy atom. The van der Waals surface area contributed by atoms with E-state index in [4.69, 9.17) is 0 Å². The number of nitrogens with zero attached hydrogens (tertiary/aromatic N) is 2. The summed E-state index contributed by atoms with van der Waals surface area (Å²) in [5.41, 5.74) is 1.74. The topological polar surface area (TPSA) is 121 Å². The molecule has 1 aliphatic heterocycles. The molecule has 1 aliphatic rings. The van der Waals surface area contributed by atoms with Gasteiger partial charge in [0.05, 0.1) is 9.79 Å². The zero-order chi connectivity index (χ0) is 29.6. The minimum Gasteiger partial charge on any atom is -0.326 e. The van der Waals surface area contributed by atoms with Gasteiger partial charge in [0.1, 0.15) is 0 Å². The normalized spacial score (nSPS) is 14.9. The van der Waals surface area contributed by atoms with Crippen LogP contribution in [0.5, 0.6) is 0 Å².